The normalized spacial score (nSPS) is 17.0. The fraction of sp³-hybridized carbons (Fsp3) is 0.148. The summed E-state index contributed by atoms with van der Waals surface area (Å²) < 4.78 is 16.9. The summed E-state index contributed by atoms with van der Waals surface area (Å²) in [5, 5.41) is 11.6. The van der Waals surface area contributed by atoms with E-state index in [1.165, 1.54) is 30.5 Å². The van der Waals surface area contributed by atoms with Crippen LogP contribution in [0.15, 0.2) is 72.3 Å². The van der Waals surface area contributed by atoms with Crippen LogP contribution < -0.4 is 19.1 Å². The van der Waals surface area contributed by atoms with Gasteiger partial charge in [-0.2, -0.15) is 0 Å². The van der Waals surface area contributed by atoms with E-state index in [4.69, 9.17) is 14.2 Å². The van der Waals surface area contributed by atoms with E-state index >= 15 is 0 Å². The van der Waals surface area contributed by atoms with Crippen molar-refractivity contribution in [2.75, 3.05) is 26.2 Å². The molecule has 1 amide bonds. The fourth-order valence-electron chi connectivity index (χ4n) is 4.24. The lowest BCUT2D eigenvalue weighted by atomic mass is 9.95. The maximum Gasteiger partial charge on any atom is 0.301 e. The number of rotatable bonds is 6. The number of methoxy groups -OCH3 is 3. The summed E-state index contributed by atoms with van der Waals surface area (Å²) in [5.41, 5.74) is 1.61. The molecule has 1 aliphatic heterocycles. The molecule has 1 N–H and O–H groups in total. The van der Waals surface area contributed by atoms with Gasteiger partial charge in [-0.3, -0.25) is 14.5 Å². The van der Waals surface area contributed by atoms with Gasteiger partial charge in [-0.15, -0.1) is 0 Å². The predicted molar refractivity (Wildman–Crippen MR) is 137 cm³/mol. The number of ether oxygens (including phenoxy) is 3. The number of carbonyl (C=O) groups is 2. The van der Waals surface area contributed by atoms with Crippen LogP contribution in [-0.2, 0) is 9.59 Å². The number of thiazole rings is 1. The lowest BCUT2D eigenvalue weighted by Crippen LogP contribution is -2.29. The number of hydrogen-bond donors (Lipinski definition) is 1. The van der Waals surface area contributed by atoms with Gasteiger partial charge >= 0.3 is 5.91 Å². The highest BCUT2D eigenvalue weighted by molar-refractivity contribution is 7.22. The van der Waals surface area contributed by atoms with E-state index < -0.39 is 17.7 Å². The molecule has 1 aromatic heterocycles. The van der Waals surface area contributed by atoms with Crippen molar-refractivity contribution in [3.63, 3.8) is 0 Å². The molecule has 0 spiro atoms. The summed E-state index contributed by atoms with van der Waals surface area (Å²) in [6.07, 6.45) is 0. The Balaban J connectivity index is 1.74. The van der Waals surface area contributed by atoms with Gasteiger partial charge < -0.3 is 19.3 Å². The molecular weight excluding hydrogens is 480 g/mol. The van der Waals surface area contributed by atoms with Crippen LogP contribution in [0.2, 0.25) is 0 Å². The minimum Gasteiger partial charge on any atom is -0.507 e. The van der Waals surface area contributed by atoms with E-state index in [0.717, 1.165) is 4.70 Å². The number of Topliss-reactive ketones (excluding diaryl/α,β-unsaturated/α-hetero) is 1. The third-order valence-corrected chi connectivity index (χ3v) is 7.02. The molecule has 0 aliphatic carbocycles. The Hall–Kier alpha value is -4.37. The second kappa shape index (κ2) is 9.35. The Bertz CT molecular complexity index is 1510. The number of aromatic nitrogens is 1. The van der Waals surface area contributed by atoms with Crippen molar-refractivity contribution >= 4 is 44.1 Å². The summed E-state index contributed by atoms with van der Waals surface area (Å²) in [7, 11) is 4.60. The Morgan fingerprint density at radius 1 is 0.917 bits per heavy atom. The molecule has 1 saturated heterocycles. The average molecular weight is 503 g/mol. The van der Waals surface area contributed by atoms with Crippen molar-refractivity contribution in [2.24, 2.45) is 0 Å². The van der Waals surface area contributed by atoms with Gasteiger partial charge in [0, 0.05) is 5.56 Å². The molecule has 0 saturated carbocycles. The van der Waals surface area contributed by atoms with Crippen molar-refractivity contribution in [3.8, 4) is 17.2 Å². The van der Waals surface area contributed by atoms with Gasteiger partial charge in [0.1, 0.15) is 11.5 Å². The van der Waals surface area contributed by atoms with E-state index in [2.05, 4.69) is 4.98 Å². The molecule has 3 aromatic carbocycles. The van der Waals surface area contributed by atoms with E-state index in [1.807, 2.05) is 6.07 Å². The molecule has 0 bridgehead atoms. The Morgan fingerprint density at radius 2 is 1.67 bits per heavy atom. The molecular formula is C27H22N2O6S. The topological polar surface area (TPSA) is 98.2 Å². The van der Waals surface area contributed by atoms with E-state index in [1.54, 1.807) is 67.8 Å². The van der Waals surface area contributed by atoms with E-state index in [9.17, 15) is 14.7 Å². The van der Waals surface area contributed by atoms with Crippen molar-refractivity contribution < 1.29 is 28.9 Å². The maximum atomic E-state index is 13.4. The van der Waals surface area contributed by atoms with Gasteiger partial charge in [0.25, 0.3) is 5.78 Å². The van der Waals surface area contributed by atoms with Crippen molar-refractivity contribution in [3.05, 3.63) is 83.4 Å². The lowest BCUT2D eigenvalue weighted by Gasteiger charge is -2.23. The standard InChI is InChI=1S/C27H22N2O6S/c1-33-17-10-11-18-21(14-17)36-27(28-18)29-23(16-9-12-19(34-2)20(13-16)35-3)22(25(31)26(29)32)24(30)15-7-5-4-6-8-15/h4-14,23,30H,1-3H3/t23-/m0/s1. The molecule has 0 unspecified atom stereocenters. The van der Waals surface area contributed by atoms with Crippen LogP contribution >= 0.6 is 11.3 Å². The molecule has 182 valence electrons. The highest BCUT2D eigenvalue weighted by Gasteiger charge is 2.48. The second-order valence-corrected chi connectivity index (χ2v) is 8.99. The van der Waals surface area contributed by atoms with Crippen LogP contribution in [0.3, 0.4) is 0 Å². The van der Waals surface area contributed by atoms with Crippen molar-refractivity contribution in [1.82, 2.24) is 4.98 Å². The first-order chi connectivity index (χ1) is 17.5. The summed E-state index contributed by atoms with van der Waals surface area (Å²) in [4.78, 5) is 32.8. The molecule has 9 heteroatoms. The molecule has 36 heavy (non-hydrogen) atoms. The minimum atomic E-state index is -0.938. The zero-order valence-corrected chi connectivity index (χ0v) is 20.5. The monoisotopic (exact) mass is 502 g/mol. The number of carbonyl (C=O) groups excluding carboxylic acids is 2. The fourth-order valence-corrected chi connectivity index (χ4v) is 5.26. The maximum absolute atomic E-state index is 13.4. The lowest BCUT2D eigenvalue weighted by molar-refractivity contribution is -0.132. The third kappa shape index (κ3) is 3.83. The largest absolute Gasteiger partial charge is 0.507 e. The predicted octanol–water partition coefficient (Wildman–Crippen LogP) is 4.95. The zero-order chi connectivity index (χ0) is 25.4. The first-order valence-corrected chi connectivity index (χ1v) is 11.8. The number of fused-ring (bicyclic) bond motifs is 1. The smallest absolute Gasteiger partial charge is 0.301 e. The number of ketones is 1. The van der Waals surface area contributed by atoms with Crippen LogP contribution in [-0.4, -0.2) is 43.1 Å². The summed E-state index contributed by atoms with van der Waals surface area (Å²) >= 11 is 1.26. The number of anilines is 1. The Morgan fingerprint density at radius 3 is 2.36 bits per heavy atom. The second-order valence-electron chi connectivity index (χ2n) is 7.98. The summed E-state index contributed by atoms with van der Waals surface area (Å²) in [6.45, 7) is 0. The highest BCUT2D eigenvalue weighted by Crippen LogP contribution is 2.46. The number of aliphatic hydroxyl groups excluding tert-OH is 1. The number of amides is 1. The van der Waals surface area contributed by atoms with Gasteiger partial charge in [0.2, 0.25) is 0 Å². The molecule has 1 fully saturated rings. The van der Waals surface area contributed by atoms with Gasteiger partial charge in [0.05, 0.1) is 43.2 Å². The Kier molecular flexibility index (Phi) is 6.07. The third-order valence-electron chi connectivity index (χ3n) is 6.01. The molecule has 1 atom stereocenters. The molecule has 4 aromatic rings. The average Bonchev–Trinajstić information content (AvgIpc) is 3.45. The quantitative estimate of drug-likeness (QED) is 0.226. The zero-order valence-electron chi connectivity index (χ0n) is 19.7. The number of hydrogen-bond acceptors (Lipinski definition) is 8. The molecule has 2 heterocycles. The van der Waals surface area contributed by atoms with Crippen molar-refractivity contribution in [2.45, 2.75) is 6.04 Å². The molecule has 1 aliphatic rings. The Labute approximate surface area is 211 Å². The minimum absolute atomic E-state index is 0.0322. The molecule has 5 rings (SSSR count). The van der Waals surface area contributed by atoms with E-state index in [-0.39, 0.29) is 11.3 Å². The number of benzene rings is 3. The molecule has 0 radical (unpaired) electrons. The first kappa shape index (κ1) is 23.4. The van der Waals surface area contributed by atoms with Crippen molar-refractivity contribution in [1.29, 1.82) is 0 Å². The SMILES string of the molecule is COc1ccc2nc(N3C(=O)C(=O)C(=C(O)c4ccccc4)[C@@H]3c3ccc(OC)c(OC)c3)sc2c1. The number of aliphatic hydroxyl groups is 1. The van der Waals surface area contributed by atoms with Crippen LogP contribution in [0.1, 0.15) is 17.2 Å². The van der Waals surface area contributed by atoms with Crippen LogP contribution in [0.4, 0.5) is 5.13 Å². The highest BCUT2D eigenvalue weighted by atomic mass is 32.1. The van der Waals surface area contributed by atoms with Gasteiger partial charge in [-0.25, -0.2) is 4.98 Å². The van der Waals surface area contributed by atoms with E-state index in [0.29, 0.717) is 39.0 Å². The van der Waals surface area contributed by atoms with Gasteiger partial charge in [0.15, 0.2) is 16.6 Å². The summed E-state index contributed by atoms with van der Waals surface area (Å²) in [5.74, 6) is -0.270. The summed E-state index contributed by atoms with van der Waals surface area (Å²) in [6, 6.07) is 18.2. The van der Waals surface area contributed by atoms with Gasteiger partial charge in [-0.1, -0.05) is 47.7 Å². The van der Waals surface area contributed by atoms with Gasteiger partial charge in [-0.05, 0) is 35.9 Å². The van der Waals surface area contributed by atoms with Crippen LogP contribution in [0.25, 0.3) is 16.0 Å². The first-order valence-electron chi connectivity index (χ1n) is 11.0. The van der Waals surface area contributed by atoms with Crippen LogP contribution in [0, 0.1) is 0 Å². The molecule has 8 nitrogen and oxygen atoms in total. The van der Waals surface area contributed by atoms with Crippen LogP contribution in [0.5, 0.6) is 17.2 Å². The number of nitrogens with zero attached hydrogens (tertiary/aromatic N) is 2.